The zero-order chi connectivity index (χ0) is 13.7. The molecule has 2 bridgehead atoms. The highest BCUT2D eigenvalue weighted by Crippen LogP contribution is 2.73. The van der Waals surface area contributed by atoms with E-state index in [0.29, 0.717) is 0 Å². The van der Waals surface area contributed by atoms with Gasteiger partial charge in [0.05, 0.1) is 12.1 Å². The molecule has 20 heavy (non-hydrogen) atoms. The van der Waals surface area contributed by atoms with Crippen molar-refractivity contribution in [3.05, 3.63) is 57.4 Å². The monoisotopic (exact) mass is 269 g/mol. The Kier molecular flexibility index (Phi) is 1.52. The van der Waals surface area contributed by atoms with Crippen molar-refractivity contribution in [1.82, 2.24) is 13.9 Å². The summed E-state index contributed by atoms with van der Waals surface area (Å²) in [5, 5.41) is 0. The van der Waals surface area contributed by atoms with Gasteiger partial charge < -0.3 is 0 Å². The summed E-state index contributed by atoms with van der Waals surface area (Å²) in [6.07, 6.45) is 15.1. The smallest absolute Gasteiger partial charge is 0.246 e. The zero-order valence-electron chi connectivity index (χ0n) is 11.2. The molecule has 0 amide bonds. The molecule has 5 aliphatic rings. The van der Waals surface area contributed by atoms with Crippen LogP contribution in [0.5, 0.6) is 0 Å². The van der Waals surface area contributed by atoms with Crippen molar-refractivity contribution in [2.75, 3.05) is 0 Å². The van der Waals surface area contributed by atoms with Crippen LogP contribution in [0.1, 0.15) is 24.9 Å². The summed E-state index contributed by atoms with van der Waals surface area (Å²) in [5.74, 6) is 0. The molecule has 0 radical (unpaired) electrons. The van der Waals surface area contributed by atoms with Gasteiger partial charge in [0.15, 0.2) is 0 Å². The Morgan fingerprint density at radius 3 is 1.80 bits per heavy atom. The number of hydrogen-bond donors (Lipinski definition) is 0. The van der Waals surface area contributed by atoms with E-state index >= 15 is 0 Å². The predicted molar refractivity (Wildman–Crippen MR) is 73.5 cm³/mol. The van der Waals surface area contributed by atoms with Crippen LogP contribution in [-0.2, 0) is 7.05 Å². The fourth-order valence-electron chi connectivity index (χ4n) is 4.91. The highest BCUT2D eigenvalue weighted by atomic mass is 16.2. The minimum absolute atomic E-state index is 0.0151. The van der Waals surface area contributed by atoms with E-state index < -0.39 is 0 Å². The van der Waals surface area contributed by atoms with E-state index in [9.17, 15) is 9.59 Å². The molecule has 1 aromatic rings. The molecule has 2 aliphatic heterocycles. The summed E-state index contributed by atoms with van der Waals surface area (Å²) in [4.78, 5) is 24.8. The lowest BCUT2D eigenvalue weighted by Gasteiger charge is -2.68. The van der Waals surface area contributed by atoms with E-state index in [2.05, 4.69) is 36.5 Å². The van der Waals surface area contributed by atoms with Crippen LogP contribution in [0, 0.1) is 10.8 Å². The molecule has 1 saturated carbocycles. The lowest BCUT2D eigenvalue weighted by Crippen LogP contribution is -2.66. The summed E-state index contributed by atoms with van der Waals surface area (Å²) < 4.78 is 4.58. The summed E-state index contributed by atoms with van der Waals surface area (Å²) in [5.41, 5.74) is -0.434. The average molecular weight is 269 g/mol. The van der Waals surface area contributed by atoms with Gasteiger partial charge in [-0.3, -0.25) is 0 Å². The van der Waals surface area contributed by atoms with E-state index in [-0.39, 0.29) is 34.3 Å². The number of hydrogen-bond acceptors (Lipinski definition) is 2. The molecular weight excluding hydrogens is 254 g/mol. The van der Waals surface area contributed by atoms with Crippen LogP contribution in [0.15, 0.2) is 46.0 Å². The Morgan fingerprint density at radius 2 is 1.40 bits per heavy atom. The third-order valence-corrected chi connectivity index (χ3v) is 5.97. The van der Waals surface area contributed by atoms with Gasteiger partial charge in [0.1, 0.15) is 0 Å². The standard InChI is InChI=1S/C15H15N3O2/c1-16-12(19)17-10-4-5-11(18(17)13(16)20)15-7-3-2-6-14(10,15)8-9-15/h2-7,10-11H,8-9H2,1H3/t10-,11+,14+,15-. The molecule has 0 unspecified atom stereocenters. The third-order valence-electron chi connectivity index (χ3n) is 5.97. The first kappa shape index (κ1) is 10.7. The highest BCUT2D eigenvalue weighted by molar-refractivity contribution is 5.41. The van der Waals surface area contributed by atoms with Gasteiger partial charge in [-0.1, -0.05) is 36.5 Å². The first-order chi connectivity index (χ1) is 9.62. The van der Waals surface area contributed by atoms with Gasteiger partial charge in [-0.15, -0.1) is 0 Å². The Bertz CT molecular complexity index is 782. The maximum absolute atomic E-state index is 12.4. The minimum Gasteiger partial charge on any atom is -0.246 e. The minimum atomic E-state index is -0.202. The van der Waals surface area contributed by atoms with Gasteiger partial charge in [0.2, 0.25) is 0 Å². The van der Waals surface area contributed by atoms with Gasteiger partial charge in [0, 0.05) is 17.9 Å². The normalized spacial score (nSPS) is 42.0. The van der Waals surface area contributed by atoms with Crippen LogP contribution >= 0.6 is 0 Å². The van der Waals surface area contributed by atoms with E-state index in [1.807, 2.05) is 0 Å². The van der Waals surface area contributed by atoms with Crippen molar-refractivity contribution in [2.24, 2.45) is 17.9 Å². The average Bonchev–Trinajstić information content (AvgIpc) is 2.67. The highest BCUT2D eigenvalue weighted by Gasteiger charge is 2.69. The molecule has 6 rings (SSSR count). The van der Waals surface area contributed by atoms with Gasteiger partial charge in [0.25, 0.3) is 0 Å². The molecule has 0 spiro atoms. The molecule has 102 valence electrons. The topological polar surface area (TPSA) is 48.9 Å². The molecule has 0 aromatic carbocycles. The number of rotatable bonds is 0. The van der Waals surface area contributed by atoms with Crippen LogP contribution in [-0.4, -0.2) is 13.9 Å². The quantitative estimate of drug-likeness (QED) is 0.657. The fourth-order valence-corrected chi connectivity index (χ4v) is 4.91. The number of allylic oxidation sites excluding steroid dienone is 6. The van der Waals surface area contributed by atoms with Crippen LogP contribution in [0.2, 0.25) is 0 Å². The summed E-state index contributed by atoms with van der Waals surface area (Å²) >= 11 is 0. The van der Waals surface area contributed by atoms with Crippen molar-refractivity contribution >= 4 is 0 Å². The molecule has 0 N–H and O–H groups in total. The molecule has 1 fully saturated rings. The van der Waals surface area contributed by atoms with Gasteiger partial charge >= 0.3 is 11.4 Å². The second-order valence-corrected chi connectivity index (χ2v) is 6.39. The van der Waals surface area contributed by atoms with Crippen molar-refractivity contribution in [3.63, 3.8) is 0 Å². The van der Waals surface area contributed by atoms with Gasteiger partial charge in [-0.25, -0.2) is 23.5 Å². The number of nitrogens with zero attached hydrogens (tertiary/aromatic N) is 3. The first-order valence-corrected chi connectivity index (χ1v) is 7.08. The van der Waals surface area contributed by atoms with Crippen molar-refractivity contribution in [3.8, 4) is 0 Å². The molecule has 0 saturated heterocycles. The van der Waals surface area contributed by atoms with Crippen molar-refractivity contribution in [2.45, 2.75) is 24.9 Å². The van der Waals surface area contributed by atoms with E-state index in [1.54, 1.807) is 16.4 Å². The molecule has 4 atom stereocenters. The Labute approximate surface area is 115 Å². The second kappa shape index (κ2) is 2.85. The Morgan fingerprint density at radius 1 is 0.950 bits per heavy atom. The maximum atomic E-state index is 12.4. The molecule has 1 aromatic heterocycles. The molecule has 5 heteroatoms. The maximum Gasteiger partial charge on any atom is 0.347 e. The van der Waals surface area contributed by atoms with E-state index in [4.69, 9.17) is 0 Å². The van der Waals surface area contributed by atoms with E-state index in [0.717, 1.165) is 12.8 Å². The van der Waals surface area contributed by atoms with Crippen LogP contribution < -0.4 is 11.4 Å². The van der Waals surface area contributed by atoms with E-state index in [1.165, 1.54) is 4.57 Å². The molecule has 3 heterocycles. The number of aromatic nitrogens is 3. The molecular formula is C15H15N3O2. The van der Waals surface area contributed by atoms with Crippen LogP contribution in [0.3, 0.4) is 0 Å². The Hall–Kier alpha value is -2.04. The summed E-state index contributed by atoms with van der Waals surface area (Å²) in [6, 6.07) is -0.0762. The fraction of sp³-hybridized carbons (Fsp3) is 0.467. The summed E-state index contributed by atoms with van der Waals surface area (Å²) in [6.45, 7) is 0. The van der Waals surface area contributed by atoms with Crippen molar-refractivity contribution in [1.29, 1.82) is 0 Å². The van der Waals surface area contributed by atoms with Crippen LogP contribution in [0.4, 0.5) is 0 Å². The SMILES string of the molecule is Cn1c(=O)n2n(c1=O)[C@@H]1C=C[C@H]2[C@]23C=CC=C[C@]12CC3. The first-order valence-electron chi connectivity index (χ1n) is 7.08. The molecule has 5 nitrogen and oxygen atoms in total. The third kappa shape index (κ3) is 0.773. The lowest BCUT2D eigenvalue weighted by molar-refractivity contribution is -0.111. The second-order valence-electron chi connectivity index (χ2n) is 6.39. The lowest BCUT2D eigenvalue weighted by atomic mass is 9.40. The van der Waals surface area contributed by atoms with Crippen molar-refractivity contribution < 1.29 is 0 Å². The molecule has 3 aliphatic carbocycles. The Balaban J connectivity index is 1.94. The predicted octanol–water partition coefficient (Wildman–Crippen LogP) is 0.907. The van der Waals surface area contributed by atoms with Crippen LogP contribution in [0.25, 0.3) is 0 Å². The summed E-state index contributed by atoms with van der Waals surface area (Å²) in [7, 11) is 1.56. The van der Waals surface area contributed by atoms with Gasteiger partial charge in [-0.05, 0) is 12.8 Å². The largest absolute Gasteiger partial charge is 0.347 e. The van der Waals surface area contributed by atoms with Gasteiger partial charge in [-0.2, -0.15) is 0 Å². The zero-order valence-corrected chi connectivity index (χ0v) is 11.2.